The third kappa shape index (κ3) is 6.31. The Hall–Kier alpha value is -1.40. The van der Waals surface area contributed by atoms with Gasteiger partial charge in [-0.1, -0.05) is 30.3 Å². The number of sulfone groups is 1. The van der Waals surface area contributed by atoms with Crippen LogP contribution in [0.3, 0.4) is 0 Å². The summed E-state index contributed by atoms with van der Waals surface area (Å²) in [7, 11) is -3.35. The van der Waals surface area contributed by atoms with Gasteiger partial charge in [0.25, 0.3) is 0 Å². The van der Waals surface area contributed by atoms with E-state index in [1.165, 1.54) is 0 Å². The molecule has 1 aliphatic heterocycles. The predicted octanol–water partition coefficient (Wildman–Crippen LogP) is 1.29. The quantitative estimate of drug-likeness (QED) is 0.786. The molecule has 0 bridgehead atoms. The number of piperidine rings is 1. The van der Waals surface area contributed by atoms with Crippen molar-refractivity contribution in [2.24, 2.45) is 0 Å². The van der Waals surface area contributed by atoms with Gasteiger partial charge in [0.2, 0.25) is 5.91 Å². The highest BCUT2D eigenvalue weighted by atomic mass is 32.2. The molecule has 23 heavy (non-hydrogen) atoms. The Morgan fingerprint density at radius 3 is 2.74 bits per heavy atom. The molecule has 1 aliphatic rings. The molecule has 1 saturated heterocycles. The number of benzene rings is 1. The molecule has 0 saturated carbocycles. The van der Waals surface area contributed by atoms with Crippen LogP contribution in [0, 0.1) is 0 Å². The minimum atomic E-state index is -3.35. The Bertz CT molecular complexity index is 602. The Kier molecular flexibility index (Phi) is 6.59. The maximum atomic E-state index is 12.1. The predicted molar refractivity (Wildman–Crippen MR) is 92.0 cm³/mol. The second kappa shape index (κ2) is 8.45. The van der Waals surface area contributed by atoms with Crippen molar-refractivity contribution >= 4 is 15.7 Å². The SMILES string of the molecule is CC1NCCCC1NC(=O)CS(=O)(=O)CCCc1ccccc1. The zero-order valence-corrected chi connectivity index (χ0v) is 14.4. The van der Waals surface area contributed by atoms with E-state index in [0.29, 0.717) is 12.8 Å². The van der Waals surface area contributed by atoms with E-state index in [1.807, 2.05) is 37.3 Å². The molecule has 1 fully saturated rings. The molecular weight excluding hydrogens is 312 g/mol. The van der Waals surface area contributed by atoms with Gasteiger partial charge in [0, 0.05) is 12.1 Å². The van der Waals surface area contributed by atoms with Crippen molar-refractivity contribution in [3.63, 3.8) is 0 Å². The highest BCUT2D eigenvalue weighted by Crippen LogP contribution is 2.09. The monoisotopic (exact) mass is 338 g/mol. The molecule has 1 aromatic rings. The van der Waals surface area contributed by atoms with Gasteiger partial charge in [-0.2, -0.15) is 0 Å². The normalized spacial score (nSPS) is 21.8. The van der Waals surface area contributed by atoms with E-state index in [1.54, 1.807) is 0 Å². The fourth-order valence-electron chi connectivity index (χ4n) is 2.90. The lowest BCUT2D eigenvalue weighted by atomic mass is 10.00. The lowest BCUT2D eigenvalue weighted by Crippen LogP contribution is -2.52. The van der Waals surface area contributed by atoms with Crippen molar-refractivity contribution in [2.75, 3.05) is 18.1 Å². The third-order valence-electron chi connectivity index (χ3n) is 4.22. The van der Waals surface area contributed by atoms with E-state index in [-0.39, 0.29) is 23.7 Å². The van der Waals surface area contributed by atoms with Crippen molar-refractivity contribution in [2.45, 2.75) is 44.7 Å². The molecule has 1 amide bonds. The average molecular weight is 338 g/mol. The molecule has 0 aliphatic carbocycles. The van der Waals surface area contributed by atoms with Crippen LogP contribution >= 0.6 is 0 Å². The second-order valence-corrected chi connectivity index (χ2v) is 8.42. The Morgan fingerprint density at radius 1 is 1.30 bits per heavy atom. The molecule has 6 heteroatoms. The van der Waals surface area contributed by atoms with Gasteiger partial charge in [0.05, 0.1) is 5.75 Å². The summed E-state index contributed by atoms with van der Waals surface area (Å²) in [5.41, 5.74) is 1.12. The lowest BCUT2D eigenvalue weighted by molar-refractivity contribution is -0.119. The Labute approximate surface area is 138 Å². The first-order chi connectivity index (χ1) is 11.0. The highest BCUT2D eigenvalue weighted by Gasteiger charge is 2.24. The summed E-state index contributed by atoms with van der Waals surface area (Å²) >= 11 is 0. The second-order valence-electron chi connectivity index (χ2n) is 6.24. The van der Waals surface area contributed by atoms with Gasteiger partial charge >= 0.3 is 0 Å². The van der Waals surface area contributed by atoms with E-state index in [2.05, 4.69) is 10.6 Å². The van der Waals surface area contributed by atoms with Gasteiger partial charge in [-0.3, -0.25) is 4.79 Å². The van der Waals surface area contributed by atoms with Gasteiger partial charge in [0.15, 0.2) is 9.84 Å². The first-order valence-electron chi connectivity index (χ1n) is 8.23. The number of hydrogen-bond acceptors (Lipinski definition) is 4. The van der Waals surface area contributed by atoms with Crippen molar-refractivity contribution in [1.82, 2.24) is 10.6 Å². The van der Waals surface area contributed by atoms with Crippen LogP contribution in [-0.4, -0.2) is 44.5 Å². The molecule has 2 rings (SSSR count). The molecular formula is C17H26N2O3S. The van der Waals surface area contributed by atoms with E-state index in [4.69, 9.17) is 0 Å². The van der Waals surface area contributed by atoms with Crippen LogP contribution < -0.4 is 10.6 Å². The number of amides is 1. The van der Waals surface area contributed by atoms with Crippen molar-refractivity contribution in [3.8, 4) is 0 Å². The minimum Gasteiger partial charge on any atom is -0.351 e. The lowest BCUT2D eigenvalue weighted by Gasteiger charge is -2.30. The number of aryl methyl sites for hydroxylation is 1. The first-order valence-corrected chi connectivity index (χ1v) is 10.1. The smallest absolute Gasteiger partial charge is 0.235 e. The van der Waals surface area contributed by atoms with Gasteiger partial charge in [0.1, 0.15) is 5.75 Å². The summed E-state index contributed by atoms with van der Waals surface area (Å²) in [6.45, 7) is 2.96. The average Bonchev–Trinajstić information content (AvgIpc) is 2.50. The molecule has 0 radical (unpaired) electrons. The summed E-state index contributed by atoms with van der Waals surface area (Å²) in [6, 6.07) is 10.00. The number of carbonyl (C=O) groups excluding carboxylic acids is 1. The van der Waals surface area contributed by atoms with Crippen LogP contribution in [0.5, 0.6) is 0 Å². The minimum absolute atomic E-state index is 0.0239. The molecule has 128 valence electrons. The molecule has 2 N–H and O–H groups in total. The topological polar surface area (TPSA) is 75.3 Å². The van der Waals surface area contributed by atoms with Crippen LogP contribution in [0.4, 0.5) is 0 Å². The third-order valence-corrected chi connectivity index (χ3v) is 5.84. The van der Waals surface area contributed by atoms with Gasteiger partial charge < -0.3 is 10.6 Å². The number of hydrogen-bond donors (Lipinski definition) is 2. The van der Waals surface area contributed by atoms with E-state index in [0.717, 1.165) is 24.9 Å². The van der Waals surface area contributed by atoms with Gasteiger partial charge in [-0.05, 0) is 44.7 Å². The number of carbonyl (C=O) groups is 1. The number of nitrogens with one attached hydrogen (secondary N) is 2. The fourth-order valence-corrected chi connectivity index (χ4v) is 4.11. The molecule has 0 aromatic heterocycles. The maximum Gasteiger partial charge on any atom is 0.235 e. The van der Waals surface area contributed by atoms with Crippen LogP contribution in [0.15, 0.2) is 30.3 Å². The van der Waals surface area contributed by atoms with E-state index in [9.17, 15) is 13.2 Å². The van der Waals surface area contributed by atoms with Gasteiger partial charge in [-0.15, -0.1) is 0 Å². The zero-order valence-electron chi connectivity index (χ0n) is 13.6. The van der Waals surface area contributed by atoms with Crippen molar-refractivity contribution < 1.29 is 13.2 Å². The summed E-state index contributed by atoms with van der Waals surface area (Å²) in [5, 5.41) is 6.14. The molecule has 0 spiro atoms. The molecule has 1 heterocycles. The first kappa shape index (κ1) is 17.9. The molecule has 2 unspecified atom stereocenters. The largest absolute Gasteiger partial charge is 0.351 e. The standard InChI is InChI=1S/C17H26N2O3S/c1-14-16(10-5-11-18-14)19-17(20)13-23(21,22)12-6-9-15-7-3-2-4-8-15/h2-4,7-8,14,16,18H,5-6,9-13H2,1H3,(H,19,20). The molecule has 1 aromatic carbocycles. The zero-order chi connectivity index (χ0) is 16.7. The van der Waals surface area contributed by atoms with Crippen LogP contribution in [-0.2, 0) is 21.1 Å². The number of rotatable bonds is 7. The van der Waals surface area contributed by atoms with Crippen LogP contribution in [0.1, 0.15) is 31.7 Å². The summed E-state index contributed by atoms with van der Waals surface area (Å²) in [5.74, 6) is -0.746. The van der Waals surface area contributed by atoms with Crippen molar-refractivity contribution in [1.29, 1.82) is 0 Å². The van der Waals surface area contributed by atoms with Crippen LogP contribution in [0.2, 0.25) is 0 Å². The fraction of sp³-hybridized carbons (Fsp3) is 0.588. The molecule has 2 atom stereocenters. The summed E-state index contributed by atoms with van der Waals surface area (Å²) in [6.07, 6.45) is 3.15. The summed E-state index contributed by atoms with van der Waals surface area (Å²) < 4.78 is 24.2. The van der Waals surface area contributed by atoms with E-state index < -0.39 is 15.6 Å². The van der Waals surface area contributed by atoms with E-state index >= 15 is 0 Å². The molecule has 5 nitrogen and oxygen atoms in total. The Morgan fingerprint density at radius 2 is 2.04 bits per heavy atom. The van der Waals surface area contributed by atoms with Crippen molar-refractivity contribution in [3.05, 3.63) is 35.9 Å². The highest BCUT2D eigenvalue weighted by molar-refractivity contribution is 7.92. The van der Waals surface area contributed by atoms with Gasteiger partial charge in [-0.25, -0.2) is 8.42 Å². The van der Waals surface area contributed by atoms with Crippen LogP contribution in [0.25, 0.3) is 0 Å². The Balaban J connectivity index is 1.75. The maximum absolute atomic E-state index is 12.1. The summed E-state index contributed by atoms with van der Waals surface area (Å²) in [4.78, 5) is 12.0.